The molecular formula is C17H21FN2O. The lowest BCUT2D eigenvalue weighted by Crippen LogP contribution is -2.32. The first-order valence-electron chi connectivity index (χ1n) is 7.46. The molecule has 0 aliphatic carbocycles. The number of carbonyl (C=O) groups excluding carboxylic acids is 1. The Kier molecular flexibility index (Phi) is 5.77. The first-order chi connectivity index (χ1) is 10.2. The average molecular weight is 288 g/mol. The van der Waals surface area contributed by atoms with Crippen LogP contribution >= 0.6 is 0 Å². The van der Waals surface area contributed by atoms with Crippen LogP contribution in [0.3, 0.4) is 0 Å². The lowest BCUT2D eigenvalue weighted by atomic mass is 10.0. The van der Waals surface area contributed by atoms with Gasteiger partial charge in [-0.2, -0.15) is 0 Å². The fourth-order valence-electron chi connectivity index (χ4n) is 2.54. The summed E-state index contributed by atoms with van der Waals surface area (Å²) in [6, 6.07) is 4.53. The molecule has 0 radical (unpaired) electrons. The van der Waals surface area contributed by atoms with Gasteiger partial charge in [0.2, 0.25) is 5.91 Å². The van der Waals surface area contributed by atoms with Crippen molar-refractivity contribution in [2.75, 3.05) is 13.1 Å². The summed E-state index contributed by atoms with van der Waals surface area (Å²) in [5.74, 6) is 5.50. The minimum Gasteiger partial charge on any atom is -0.338 e. The van der Waals surface area contributed by atoms with Crippen molar-refractivity contribution in [3.63, 3.8) is 0 Å². The molecule has 1 saturated heterocycles. The second-order valence-corrected chi connectivity index (χ2v) is 5.29. The number of carbonyl (C=O) groups is 1. The van der Waals surface area contributed by atoms with Gasteiger partial charge >= 0.3 is 0 Å². The number of nitrogens with zero attached hydrogens (tertiary/aromatic N) is 1. The number of likely N-dealkylation sites (tertiary alicyclic amines) is 1. The van der Waals surface area contributed by atoms with Crippen LogP contribution in [0.2, 0.25) is 0 Å². The molecule has 4 heteroatoms. The topological polar surface area (TPSA) is 46.3 Å². The molecule has 2 rings (SSSR count). The zero-order valence-corrected chi connectivity index (χ0v) is 12.2. The highest BCUT2D eigenvalue weighted by atomic mass is 19.1. The van der Waals surface area contributed by atoms with E-state index < -0.39 is 0 Å². The molecule has 1 aliphatic heterocycles. The third-order valence-electron chi connectivity index (χ3n) is 3.68. The van der Waals surface area contributed by atoms with E-state index in [2.05, 4.69) is 11.8 Å². The normalized spacial score (nSPS) is 15.9. The fourth-order valence-corrected chi connectivity index (χ4v) is 2.54. The van der Waals surface area contributed by atoms with E-state index in [0.717, 1.165) is 37.8 Å². The van der Waals surface area contributed by atoms with Crippen molar-refractivity contribution in [3.8, 4) is 11.8 Å². The highest BCUT2D eigenvalue weighted by molar-refractivity contribution is 5.76. The number of hydrogen-bond acceptors (Lipinski definition) is 2. The maximum Gasteiger partial charge on any atom is 0.222 e. The maximum absolute atomic E-state index is 13.4. The van der Waals surface area contributed by atoms with Gasteiger partial charge in [-0.1, -0.05) is 30.7 Å². The number of amides is 1. The fraction of sp³-hybridized carbons (Fsp3) is 0.471. The standard InChI is InChI=1S/C17H21FN2O/c18-16-9-8-15(14(12-16)6-5-10-19)13-20-11-4-2-1-3-7-17(20)21/h8-9,12H,1-4,7,10-11,13,19H2. The van der Waals surface area contributed by atoms with E-state index in [4.69, 9.17) is 5.73 Å². The molecule has 21 heavy (non-hydrogen) atoms. The van der Waals surface area contributed by atoms with E-state index in [-0.39, 0.29) is 18.3 Å². The van der Waals surface area contributed by atoms with Crippen molar-refractivity contribution < 1.29 is 9.18 Å². The lowest BCUT2D eigenvalue weighted by Gasteiger charge is -2.25. The van der Waals surface area contributed by atoms with Crippen molar-refractivity contribution in [2.24, 2.45) is 5.73 Å². The molecule has 0 unspecified atom stereocenters. The van der Waals surface area contributed by atoms with E-state index in [1.165, 1.54) is 12.1 Å². The summed E-state index contributed by atoms with van der Waals surface area (Å²) in [4.78, 5) is 14.0. The summed E-state index contributed by atoms with van der Waals surface area (Å²) in [7, 11) is 0. The summed E-state index contributed by atoms with van der Waals surface area (Å²) < 4.78 is 13.4. The van der Waals surface area contributed by atoms with E-state index in [1.807, 2.05) is 4.90 Å². The van der Waals surface area contributed by atoms with Gasteiger partial charge in [-0.3, -0.25) is 4.79 Å². The number of hydrogen-bond donors (Lipinski definition) is 1. The molecule has 1 aromatic carbocycles. The zero-order chi connectivity index (χ0) is 15.1. The Morgan fingerprint density at radius 2 is 2.05 bits per heavy atom. The smallest absolute Gasteiger partial charge is 0.222 e. The lowest BCUT2D eigenvalue weighted by molar-refractivity contribution is -0.132. The third-order valence-corrected chi connectivity index (χ3v) is 3.68. The second-order valence-electron chi connectivity index (χ2n) is 5.29. The molecule has 112 valence electrons. The highest BCUT2D eigenvalue weighted by Crippen LogP contribution is 2.17. The molecule has 1 aromatic rings. The van der Waals surface area contributed by atoms with Crippen LogP contribution < -0.4 is 5.73 Å². The van der Waals surface area contributed by atoms with Gasteiger partial charge in [-0.05, 0) is 30.5 Å². The van der Waals surface area contributed by atoms with Gasteiger partial charge < -0.3 is 10.6 Å². The summed E-state index contributed by atoms with van der Waals surface area (Å²) >= 11 is 0. The van der Waals surface area contributed by atoms with Gasteiger partial charge in [0.15, 0.2) is 0 Å². The average Bonchev–Trinajstić information content (AvgIpc) is 2.46. The molecule has 0 saturated carbocycles. The molecule has 0 atom stereocenters. The molecule has 0 spiro atoms. The minimum atomic E-state index is -0.320. The predicted octanol–water partition coefficient (Wildman–Crippen LogP) is 2.43. The maximum atomic E-state index is 13.4. The van der Waals surface area contributed by atoms with Crippen molar-refractivity contribution in [3.05, 3.63) is 35.1 Å². The Labute approximate surface area is 125 Å². The Balaban J connectivity index is 2.18. The van der Waals surface area contributed by atoms with Gasteiger partial charge in [0.05, 0.1) is 6.54 Å². The molecule has 3 nitrogen and oxygen atoms in total. The molecular weight excluding hydrogens is 267 g/mol. The molecule has 1 fully saturated rings. The van der Waals surface area contributed by atoms with Crippen molar-refractivity contribution in [2.45, 2.75) is 38.6 Å². The Morgan fingerprint density at radius 1 is 1.24 bits per heavy atom. The van der Waals surface area contributed by atoms with Crippen molar-refractivity contribution in [1.29, 1.82) is 0 Å². The quantitative estimate of drug-likeness (QED) is 0.850. The van der Waals surface area contributed by atoms with E-state index in [1.54, 1.807) is 6.07 Å². The summed E-state index contributed by atoms with van der Waals surface area (Å²) in [5.41, 5.74) is 6.88. The van der Waals surface area contributed by atoms with Crippen LogP contribution in [0.15, 0.2) is 18.2 Å². The van der Waals surface area contributed by atoms with Crippen LogP contribution in [0.5, 0.6) is 0 Å². The van der Waals surface area contributed by atoms with Gasteiger partial charge in [-0.25, -0.2) is 4.39 Å². The number of benzene rings is 1. The van der Waals surface area contributed by atoms with E-state index in [0.29, 0.717) is 18.5 Å². The van der Waals surface area contributed by atoms with Crippen LogP contribution in [0.25, 0.3) is 0 Å². The van der Waals surface area contributed by atoms with Crippen LogP contribution in [-0.2, 0) is 11.3 Å². The van der Waals surface area contributed by atoms with Gasteiger partial charge in [-0.15, -0.1) is 0 Å². The van der Waals surface area contributed by atoms with Crippen LogP contribution in [0, 0.1) is 17.7 Å². The number of halogens is 1. The Bertz CT molecular complexity index is 560. The number of rotatable bonds is 2. The third kappa shape index (κ3) is 4.57. The predicted molar refractivity (Wildman–Crippen MR) is 80.8 cm³/mol. The summed E-state index contributed by atoms with van der Waals surface area (Å²) in [5, 5.41) is 0. The minimum absolute atomic E-state index is 0.178. The Morgan fingerprint density at radius 3 is 2.86 bits per heavy atom. The monoisotopic (exact) mass is 288 g/mol. The van der Waals surface area contributed by atoms with Crippen molar-refractivity contribution in [1.82, 2.24) is 4.90 Å². The summed E-state index contributed by atoms with van der Waals surface area (Å²) in [6.45, 7) is 1.49. The van der Waals surface area contributed by atoms with Crippen molar-refractivity contribution >= 4 is 5.91 Å². The largest absolute Gasteiger partial charge is 0.338 e. The first kappa shape index (κ1) is 15.5. The van der Waals surface area contributed by atoms with E-state index >= 15 is 0 Å². The molecule has 1 amide bonds. The van der Waals surface area contributed by atoms with Crippen LogP contribution in [0.4, 0.5) is 4.39 Å². The van der Waals surface area contributed by atoms with Gasteiger partial charge in [0, 0.05) is 25.1 Å². The van der Waals surface area contributed by atoms with Crippen LogP contribution in [-0.4, -0.2) is 23.9 Å². The second kappa shape index (κ2) is 7.80. The summed E-state index contributed by atoms with van der Waals surface area (Å²) in [6.07, 6.45) is 4.87. The highest BCUT2D eigenvalue weighted by Gasteiger charge is 2.17. The molecule has 2 N–H and O–H groups in total. The molecule has 1 heterocycles. The molecule has 1 aliphatic rings. The molecule has 0 aromatic heterocycles. The SMILES string of the molecule is NCC#Cc1cc(F)ccc1CN1CCCCCCC1=O. The first-order valence-corrected chi connectivity index (χ1v) is 7.46. The molecule has 0 bridgehead atoms. The van der Waals surface area contributed by atoms with Crippen LogP contribution in [0.1, 0.15) is 43.2 Å². The van der Waals surface area contributed by atoms with Gasteiger partial charge in [0.25, 0.3) is 0 Å². The van der Waals surface area contributed by atoms with E-state index in [9.17, 15) is 9.18 Å². The zero-order valence-electron chi connectivity index (χ0n) is 12.2. The van der Waals surface area contributed by atoms with Gasteiger partial charge in [0.1, 0.15) is 5.82 Å². The number of nitrogens with two attached hydrogens (primary N) is 1. The Hall–Kier alpha value is -1.86.